The third kappa shape index (κ3) is 1.66. The predicted molar refractivity (Wildman–Crippen MR) is 113 cm³/mol. The van der Waals surface area contributed by atoms with E-state index in [0.29, 0.717) is 29.8 Å². The van der Waals surface area contributed by atoms with Crippen molar-refractivity contribution in [2.24, 2.45) is 17.8 Å². The van der Waals surface area contributed by atoms with E-state index in [-0.39, 0.29) is 23.8 Å². The Balaban J connectivity index is 1.62. The van der Waals surface area contributed by atoms with Gasteiger partial charge in [0.15, 0.2) is 6.23 Å². The Morgan fingerprint density at radius 1 is 1.25 bits per heavy atom. The number of hydrogen-bond donors (Lipinski definition) is 2. The number of quaternary nitrogens is 1. The smallest absolute Gasteiger partial charge is 0.194 e. The molecule has 4 saturated heterocycles. The third-order valence-electron chi connectivity index (χ3n) is 9.78. The molecule has 1 aliphatic carbocycles. The van der Waals surface area contributed by atoms with Gasteiger partial charge < -0.3 is 15.1 Å². The average Bonchev–Trinajstić information content (AvgIpc) is 3.05. The fourth-order valence-corrected chi connectivity index (χ4v) is 9.60. The number of anilines is 1. The maximum atomic E-state index is 12.0. The number of nitrogens with zero attached hydrogens (tertiary/aromatic N) is 2. The zero-order valence-electron chi connectivity index (χ0n) is 17.1. The summed E-state index contributed by atoms with van der Waals surface area (Å²) in [6.45, 7) is 5.54. The van der Waals surface area contributed by atoms with Crippen molar-refractivity contribution in [3.8, 4) is 0 Å². The van der Waals surface area contributed by atoms with Gasteiger partial charge in [0, 0.05) is 41.9 Å². The molecule has 4 nitrogen and oxygen atoms in total. The minimum Gasteiger partial charge on any atom is -0.392 e. The van der Waals surface area contributed by atoms with E-state index >= 15 is 0 Å². The quantitative estimate of drug-likeness (QED) is 0.698. The Morgan fingerprint density at radius 2 is 2.04 bits per heavy atom. The lowest BCUT2D eigenvalue weighted by atomic mass is 9.60. The highest BCUT2D eigenvalue weighted by Crippen LogP contribution is 2.71. The Kier molecular flexibility index (Phi) is 3.60. The molecule has 7 rings (SSSR count). The average molecular weight is 448 g/mol. The summed E-state index contributed by atoms with van der Waals surface area (Å²) in [7, 11) is 2.23. The molecule has 0 aromatic heterocycles. The largest absolute Gasteiger partial charge is 0.392 e. The Hall–Kier alpha value is -0.620. The highest BCUT2D eigenvalue weighted by Gasteiger charge is 2.82. The molecule has 1 spiro atoms. The van der Waals surface area contributed by atoms with Crippen LogP contribution in [0.15, 0.2) is 22.7 Å². The standard InChI is InChI=1S/C23H32BrN2O2/c1-4-8-26-17-10-14(13(5-2)22(26)28)19-18(26)11-23(21(19)27)15-9-12(24)6-7-16(15)25(3)20(17)23/h6-7,9,13-14,17-22,27-28H,4-5,8,10-11H2,1-3H3/q+1/t13-,14-,17-,18-,19+,20+,21+,22-,23+,26?/m0/s1. The van der Waals surface area contributed by atoms with Gasteiger partial charge >= 0.3 is 0 Å². The van der Waals surface area contributed by atoms with Crippen LogP contribution in [-0.2, 0) is 5.41 Å². The molecule has 5 bridgehead atoms. The molecule has 5 heterocycles. The van der Waals surface area contributed by atoms with Crippen LogP contribution in [0.5, 0.6) is 0 Å². The molecule has 2 N–H and O–H groups in total. The van der Waals surface area contributed by atoms with Crippen molar-refractivity contribution < 1.29 is 14.7 Å². The number of piperidine rings is 4. The molecule has 5 fully saturated rings. The lowest BCUT2D eigenvalue weighted by Crippen LogP contribution is -2.83. The second-order valence-electron chi connectivity index (χ2n) is 10.2. The van der Waals surface area contributed by atoms with Crippen LogP contribution >= 0.6 is 15.9 Å². The summed E-state index contributed by atoms with van der Waals surface area (Å²) in [5.74, 6) is 1.13. The lowest BCUT2D eigenvalue weighted by Gasteiger charge is -2.68. The Bertz CT molecular complexity index is 848. The van der Waals surface area contributed by atoms with E-state index in [1.165, 1.54) is 17.7 Å². The third-order valence-corrected chi connectivity index (χ3v) is 10.3. The SMILES string of the molecule is CCC[N+]12[C@@H](O)[C@@H](CC)[C@@H]3C[C@H]1[C@H]1N(C)c4ccc(Br)cc4[C@]14C[C@H]2[C@@H]3[C@H]4O. The summed E-state index contributed by atoms with van der Waals surface area (Å²) >= 11 is 3.69. The first-order valence-corrected chi connectivity index (χ1v) is 12.0. The van der Waals surface area contributed by atoms with Gasteiger partial charge in [0.2, 0.25) is 0 Å². The topological polar surface area (TPSA) is 43.7 Å². The molecule has 0 radical (unpaired) electrons. The van der Waals surface area contributed by atoms with E-state index in [4.69, 9.17) is 0 Å². The number of aliphatic hydroxyl groups excluding tert-OH is 2. The number of benzene rings is 1. The number of rotatable bonds is 3. The van der Waals surface area contributed by atoms with Gasteiger partial charge in [-0.05, 0) is 42.5 Å². The highest BCUT2D eigenvalue weighted by atomic mass is 79.9. The Labute approximate surface area is 176 Å². The van der Waals surface area contributed by atoms with Crippen LogP contribution in [0.2, 0.25) is 0 Å². The van der Waals surface area contributed by atoms with Crippen LogP contribution in [0.1, 0.15) is 45.1 Å². The van der Waals surface area contributed by atoms with Gasteiger partial charge in [0.25, 0.3) is 0 Å². The molecular formula is C23H32BrN2O2+. The van der Waals surface area contributed by atoms with Crippen molar-refractivity contribution in [3.05, 3.63) is 28.2 Å². The fourth-order valence-electron chi connectivity index (χ4n) is 9.24. The molecular weight excluding hydrogens is 416 g/mol. The van der Waals surface area contributed by atoms with E-state index in [9.17, 15) is 10.2 Å². The van der Waals surface area contributed by atoms with Gasteiger partial charge in [-0.1, -0.05) is 29.8 Å². The maximum Gasteiger partial charge on any atom is 0.194 e. The van der Waals surface area contributed by atoms with Crippen LogP contribution in [-0.4, -0.2) is 58.7 Å². The van der Waals surface area contributed by atoms with Crippen molar-refractivity contribution in [1.29, 1.82) is 0 Å². The minimum absolute atomic E-state index is 0.166. The van der Waals surface area contributed by atoms with Gasteiger partial charge in [-0.15, -0.1) is 0 Å². The van der Waals surface area contributed by atoms with Crippen LogP contribution in [0, 0.1) is 17.8 Å². The summed E-state index contributed by atoms with van der Waals surface area (Å²) in [4.78, 5) is 2.47. The van der Waals surface area contributed by atoms with Crippen LogP contribution in [0.3, 0.4) is 0 Å². The van der Waals surface area contributed by atoms with Crippen molar-refractivity contribution in [3.63, 3.8) is 0 Å². The normalized spacial score (nSPS) is 52.3. The molecule has 152 valence electrons. The maximum absolute atomic E-state index is 12.0. The molecule has 6 aliphatic rings. The highest BCUT2D eigenvalue weighted by molar-refractivity contribution is 9.10. The molecule has 1 aromatic carbocycles. The summed E-state index contributed by atoms with van der Waals surface area (Å²) in [5.41, 5.74) is 2.47. The minimum atomic E-state index is -0.297. The van der Waals surface area contributed by atoms with Gasteiger partial charge in [-0.3, -0.25) is 4.48 Å². The second-order valence-corrected chi connectivity index (χ2v) is 11.1. The summed E-state index contributed by atoms with van der Waals surface area (Å²) in [6, 6.07) is 7.75. The number of likely N-dealkylation sites (N-methyl/N-ethyl adjacent to an activating group) is 1. The zero-order chi connectivity index (χ0) is 19.6. The zero-order valence-corrected chi connectivity index (χ0v) is 18.6. The molecule has 5 aliphatic heterocycles. The number of halogens is 1. The van der Waals surface area contributed by atoms with Gasteiger partial charge in [-0.2, -0.15) is 0 Å². The van der Waals surface area contributed by atoms with Gasteiger partial charge in [0.1, 0.15) is 6.04 Å². The first-order chi connectivity index (χ1) is 13.4. The van der Waals surface area contributed by atoms with Gasteiger partial charge in [0.05, 0.1) is 30.1 Å². The molecule has 28 heavy (non-hydrogen) atoms. The molecule has 1 unspecified atom stereocenters. The molecule has 5 heteroatoms. The van der Waals surface area contributed by atoms with Crippen molar-refractivity contribution >= 4 is 21.6 Å². The summed E-state index contributed by atoms with van der Waals surface area (Å²) < 4.78 is 1.97. The lowest BCUT2D eigenvalue weighted by molar-refractivity contribution is -1.04. The van der Waals surface area contributed by atoms with Crippen LogP contribution < -0.4 is 4.90 Å². The van der Waals surface area contributed by atoms with Gasteiger partial charge in [-0.25, -0.2) is 0 Å². The van der Waals surface area contributed by atoms with Crippen molar-refractivity contribution in [1.82, 2.24) is 0 Å². The van der Waals surface area contributed by atoms with E-state index < -0.39 is 0 Å². The fraction of sp³-hybridized carbons (Fsp3) is 0.739. The number of hydrogen-bond acceptors (Lipinski definition) is 3. The van der Waals surface area contributed by atoms with E-state index in [1.807, 2.05) is 0 Å². The Morgan fingerprint density at radius 3 is 2.75 bits per heavy atom. The van der Waals surface area contributed by atoms with Crippen molar-refractivity contribution in [2.45, 2.75) is 75.4 Å². The predicted octanol–water partition coefficient (Wildman–Crippen LogP) is 3.24. The second kappa shape index (κ2) is 5.54. The van der Waals surface area contributed by atoms with Crippen LogP contribution in [0.25, 0.3) is 0 Å². The monoisotopic (exact) mass is 447 g/mol. The summed E-state index contributed by atoms with van der Waals surface area (Å²) in [6.07, 6.45) is 3.75. The van der Waals surface area contributed by atoms with E-state index in [0.717, 1.165) is 34.8 Å². The number of fused-ring (bicyclic) bond motifs is 2. The first kappa shape index (κ1) is 18.2. The van der Waals surface area contributed by atoms with E-state index in [1.54, 1.807) is 0 Å². The molecule has 1 saturated carbocycles. The molecule has 10 atom stereocenters. The first-order valence-electron chi connectivity index (χ1n) is 11.2. The van der Waals surface area contributed by atoms with Crippen LogP contribution in [0.4, 0.5) is 5.69 Å². The van der Waals surface area contributed by atoms with Crippen molar-refractivity contribution in [2.75, 3.05) is 18.5 Å². The number of aliphatic hydroxyl groups is 2. The summed E-state index contributed by atoms with van der Waals surface area (Å²) in [5, 5.41) is 23.7. The van der Waals surface area contributed by atoms with E-state index in [2.05, 4.69) is 59.9 Å². The molecule has 1 aromatic rings. The molecule has 0 amide bonds.